The number of rotatable bonds is 2. The maximum Gasteiger partial charge on any atom is 0.150 e. The number of nitrogens with zero attached hydrogens (tertiary/aromatic N) is 2. The first-order chi connectivity index (χ1) is 7.70. The molecule has 0 saturated heterocycles. The summed E-state index contributed by atoms with van der Waals surface area (Å²) in [6.07, 6.45) is 2.10. The molecule has 2 aromatic rings. The summed E-state index contributed by atoms with van der Waals surface area (Å²) < 4.78 is 0. The summed E-state index contributed by atoms with van der Waals surface area (Å²) >= 11 is 11.8. The van der Waals surface area contributed by atoms with E-state index in [0.717, 1.165) is 6.29 Å². The highest BCUT2D eigenvalue weighted by Gasteiger charge is 2.06. The maximum absolute atomic E-state index is 10.7. The van der Waals surface area contributed by atoms with Crippen LogP contribution in [0.3, 0.4) is 0 Å². The fourth-order valence-electron chi connectivity index (χ4n) is 1.29. The van der Waals surface area contributed by atoms with E-state index in [0.29, 0.717) is 27.0 Å². The van der Waals surface area contributed by atoms with Crippen LogP contribution in [-0.2, 0) is 0 Å². The Morgan fingerprint density at radius 2 is 1.94 bits per heavy atom. The van der Waals surface area contributed by atoms with Gasteiger partial charge in [0, 0.05) is 17.2 Å². The van der Waals surface area contributed by atoms with Crippen molar-refractivity contribution in [1.29, 1.82) is 0 Å². The number of carbonyl (C=O) groups is 1. The molecule has 0 spiro atoms. The number of carbonyl (C=O) groups excluding carboxylic acids is 1. The highest BCUT2D eigenvalue weighted by Crippen LogP contribution is 2.27. The zero-order valence-corrected chi connectivity index (χ0v) is 9.53. The van der Waals surface area contributed by atoms with Gasteiger partial charge >= 0.3 is 0 Å². The van der Waals surface area contributed by atoms with Crippen LogP contribution in [0.1, 0.15) is 10.4 Å². The van der Waals surface area contributed by atoms with Gasteiger partial charge in [-0.05, 0) is 12.1 Å². The Hall–Kier alpha value is -1.45. The van der Waals surface area contributed by atoms with Gasteiger partial charge in [0.25, 0.3) is 0 Å². The summed E-state index contributed by atoms with van der Waals surface area (Å²) in [5.74, 6) is 0. The smallest absolute Gasteiger partial charge is 0.150 e. The predicted octanol–water partition coefficient (Wildman–Crippen LogP) is 3.26. The SMILES string of the molecule is O=Cc1ccc(Cl)c(-c2cc(Cl)ncn2)c1. The van der Waals surface area contributed by atoms with Crippen molar-refractivity contribution < 1.29 is 4.79 Å². The predicted molar refractivity (Wildman–Crippen MR) is 62.9 cm³/mol. The summed E-state index contributed by atoms with van der Waals surface area (Å²) in [6.45, 7) is 0. The van der Waals surface area contributed by atoms with E-state index < -0.39 is 0 Å². The fraction of sp³-hybridized carbons (Fsp3) is 0. The Kier molecular flexibility index (Phi) is 3.17. The Morgan fingerprint density at radius 3 is 2.62 bits per heavy atom. The van der Waals surface area contributed by atoms with Crippen LogP contribution in [0.2, 0.25) is 10.2 Å². The van der Waals surface area contributed by atoms with E-state index in [2.05, 4.69) is 9.97 Å². The van der Waals surface area contributed by atoms with Gasteiger partial charge in [0.2, 0.25) is 0 Å². The van der Waals surface area contributed by atoms with Crippen LogP contribution in [-0.4, -0.2) is 16.3 Å². The van der Waals surface area contributed by atoms with Gasteiger partial charge in [-0.1, -0.05) is 29.3 Å². The monoisotopic (exact) mass is 252 g/mol. The summed E-state index contributed by atoms with van der Waals surface area (Å²) in [5, 5.41) is 0.845. The van der Waals surface area contributed by atoms with Gasteiger partial charge < -0.3 is 0 Å². The van der Waals surface area contributed by atoms with E-state index in [9.17, 15) is 4.79 Å². The Labute approximate surface area is 102 Å². The number of aromatic nitrogens is 2. The molecule has 2 rings (SSSR count). The number of halogens is 2. The minimum absolute atomic E-state index is 0.331. The number of aldehydes is 1. The zero-order chi connectivity index (χ0) is 11.5. The molecular weight excluding hydrogens is 247 g/mol. The molecule has 0 unspecified atom stereocenters. The van der Waals surface area contributed by atoms with Crippen molar-refractivity contribution in [2.45, 2.75) is 0 Å². The van der Waals surface area contributed by atoms with Crippen LogP contribution in [0.25, 0.3) is 11.3 Å². The molecule has 0 radical (unpaired) electrons. The second-order valence-corrected chi connectivity index (χ2v) is 3.88. The lowest BCUT2D eigenvalue weighted by molar-refractivity contribution is 0.112. The van der Waals surface area contributed by atoms with Crippen LogP contribution in [0.15, 0.2) is 30.6 Å². The van der Waals surface area contributed by atoms with Crippen LogP contribution in [0.4, 0.5) is 0 Å². The molecule has 0 atom stereocenters. The summed E-state index contributed by atoms with van der Waals surface area (Å²) in [4.78, 5) is 18.5. The van der Waals surface area contributed by atoms with Gasteiger partial charge in [0.1, 0.15) is 17.8 Å². The zero-order valence-electron chi connectivity index (χ0n) is 8.02. The molecule has 1 heterocycles. The third-order valence-electron chi connectivity index (χ3n) is 2.04. The first kappa shape index (κ1) is 11.0. The van der Waals surface area contributed by atoms with E-state index in [4.69, 9.17) is 23.2 Å². The molecule has 0 N–H and O–H groups in total. The van der Waals surface area contributed by atoms with Crippen LogP contribution in [0.5, 0.6) is 0 Å². The molecule has 0 saturated carbocycles. The van der Waals surface area contributed by atoms with Crippen molar-refractivity contribution in [1.82, 2.24) is 9.97 Å². The van der Waals surface area contributed by atoms with Crippen molar-refractivity contribution >= 4 is 29.5 Å². The van der Waals surface area contributed by atoms with E-state index in [1.54, 1.807) is 24.3 Å². The van der Waals surface area contributed by atoms with Crippen LogP contribution in [0, 0.1) is 0 Å². The van der Waals surface area contributed by atoms with Crippen molar-refractivity contribution in [3.05, 3.63) is 46.3 Å². The lowest BCUT2D eigenvalue weighted by Crippen LogP contribution is -1.89. The highest BCUT2D eigenvalue weighted by molar-refractivity contribution is 6.33. The molecule has 5 heteroatoms. The first-order valence-corrected chi connectivity index (χ1v) is 5.19. The second-order valence-electron chi connectivity index (χ2n) is 3.08. The molecule has 0 aliphatic heterocycles. The summed E-state index contributed by atoms with van der Waals surface area (Å²) in [6, 6.07) is 6.55. The van der Waals surface area contributed by atoms with Crippen molar-refractivity contribution in [2.24, 2.45) is 0 Å². The molecule has 0 bridgehead atoms. The van der Waals surface area contributed by atoms with Gasteiger partial charge in [-0.3, -0.25) is 4.79 Å². The minimum atomic E-state index is 0.331. The molecule has 80 valence electrons. The van der Waals surface area contributed by atoms with Crippen LogP contribution >= 0.6 is 23.2 Å². The van der Waals surface area contributed by atoms with Gasteiger partial charge in [-0.25, -0.2) is 9.97 Å². The summed E-state index contributed by atoms with van der Waals surface area (Å²) in [7, 11) is 0. The number of hydrogen-bond acceptors (Lipinski definition) is 3. The molecule has 0 aliphatic rings. The van der Waals surface area contributed by atoms with Crippen LogP contribution < -0.4 is 0 Å². The maximum atomic E-state index is 10.7. The third kappa shape index (κ3) is 2.21. The van der Waals surface area contributed by atoms with Crippen molar-refractivity contribution in [3.63, 3.8) is 0 Å². The highest BCUT2D eigenvalue weighted by atomic mass is 35.5. The lowest BCUT2D eigenvalue weighted by Gasteiger charge is -2.04. The molecule has 3 nitrogen and oxygen atoms in total. The van der Waals surface area contributed by atoms with Gasteiger partial charge in [0.15, 0.2) is 0 Å². The number of benzene rings is 1. The summed E-state index contributed by atoms with van der Waals surface area (Å²) in [5.41, 5.74) is 1.79. The molecular formula is C11H6Cl2N2O. The van der Waals surface area contributed by atoms with Crippen molar-refractivity contribution in [3.8, 4) is 11.3 Å². The average molecular weight is 253 g/mol. The topological polar surface area (TPSA) is 42.9 Å². The van der Waals surface area contributed by atoms with Crippen molar-refractivity contribution in [2.75, 3.05) is 0 Å². The molecule has 0 fully saturated rings. The molecule has 0 aliphatic carbocycles. The van der Waals surface area contributed by atoms with Gasteiger partial charge in [-0.15, -0.1) is 0 Å². The second kappa shape index (κ2) is 4.60. The van der Waals surface area contributed by atoms with E-state index >= 15 is 0 Å². The quantitative estimate of drug-likeness (QED) is 0.609. The Bertz CT molecular complexity index is 543. The Balaban J connectivity index is 2.58. The fourth-order valence-corrected chi connectivity index (χ4v) is 1.65. The molecule has 1 aromatic heterocycles. The normalized spacial score (nSPS) is 10.1. The van der Waals surface area contributed by atoms with E-state index in [1.807, 2.05) is 0 Å². The van der Waals surface area contributed by atoms with Gasteiger partial charge in [0.05, 0.1) is 10.7 Å². The molecule has 16 heavy (non-hydrogen) atoms. The Morgan fingerprint density at radius 1 is 1.12 bits per heavy atom. The van der Waals surface area contributed by atoms with Gasteiger partial charge in [-0.2, -0.15) is 0 Å². The largest absolute Gasteiger partial charge is 0.298 e. The van der Waals surface area contributed by atoms with E-state index in [1.165, 1.54) is 6.33 Å². The molecule has 0 amide bonds. The standard InChI is InChI=1S/C11H6Cl2N2O/c12-9-2-1-7(5-16)3-8(9)10-4-11(13)15-6-14-10/h1-6H. The van der Waals surface area contributed by atoms with E-state index in [-0.39, 0.29) is 0 Å². The average Bonchev–Trinajstić information content (AvgIpc) is 2.30. The minimum Gasteiger partial charge on any atom is -0.298 e. The number of hydrogen-bond donors (Lipinski definition) is 0. The molecule has 1 aromatic carbocycles. The first-order valence-electron chi connectivity index (χ1n) is 4.43. The lowest BCUT2D eigenvalue weighted by atomic mass is 10.1. The third-order valence-corrected chi connectivity index (χ3v) is 2.57.